The number of benzene rings is 1. The van der Waals surface area contributed by atoms with Crippen LogP contribution in [0.2, 0.25) is 0 Å². The number of halogens is 1. The van der Waals surface area contributed by atoms with Crippen LogP contribution in [0, 0.1) is 11.7 Å². The minimum absolute atomic E-state index is 0.00688. The molecule has 0 radical (unpaired) electrons. The molecule has 1 saturated carbocycles. The number of hydrogen-bond acceptors (Lipinski definition) is 5. The molecule has 3 N–H and O–H groups in total. The lowest BCUT2D eigenvalue weighted by molar-refractivity contribution is -0.139. The van der Waals surface area contributed by atoms with Gasteiger partial charge in [0.2, 0.25) is 11.8 Å². The molecule has 4 rings (SSSR count). The van der Waals surface area contributed by atoms with Gasteiger partial charge < -0.3 is 20.9 Å². The van der Waals surface area contributed by atoms with Gasteiger partial charge in [-0.2, -0.15) is 0 Å². The van der Waals surface area contributed by atoms with Gasteiger partial charge in [0.05, 0.1) is 17.8 Å². The highest BCUT2D eigenvalue weighted by Crippen LogP contribution is 2.34. The van der Waals surface area contributed by atoms with Gasteiger partial charge in [-0.25, -0.2) is 9.37 Å². The second-order valence-electron chi connectivity index (χ2n) is 9.98. The summed E-state index contributed by atoms with van der Waals surface area (Å²) in [6.45, 7) is 2.79. The van der Waals surface area contributed by atoms with Crippen molar-refractivity contribution in [3.8, 4) is 0 Å². The topological polar surface area (TPSA) is 86.4 Å². The standard InChI is InChI=1S/C28H38FN5O2/c1-19(30-2)27(35)33-26(20-10-4-3-5-11-20)28(36)34-17-9-15-24(34)23-14-8-16-25(32-23)31-18-21-12-6-7-13-22(21)29/h6-8,12-14,16,19-20,24,26,30H,3-5,9-11,15,17-18H2,1-2H3,(H,31,32)(H,33,35)/t19-,24+,26-/m0/s1. The first-order valence-corrected chi connectivity index (χ1v) is 13.2. The van der Waals surface area contributed by atoms with Crippen molar-refractivity contribution in [2.24, 2.45) is 5.92 Å². The number of likely N-dealkylation sites (tertiary alicyclic amines) is 1. The summed E-state index contributed by atoms with van der Waals surface area (Å²) in [7, 11) is 1.75. The molecule has 1 aromatic heterocycles. The molecule has 2 amide bonds. The Bertz CT molecular complexity index is 1040. The van der Waals surface area contributed by atoms with Crippen molar-refractivity contribution >= 4 is 17.6 Å². The van der Waals surface area contributed by atoms with Crippen LogP contribution in [0.3, 0.4) is 0 Å². The summed E-state index contributed by atoms with van der Waals surface area (Å²) >= 11 is 0. The predicted molar refractivity (Wildman–Crippen MR) is 139 cm³/mol. The Morgan fingerprint density at radius 1 is 1.06 bits per heavy atom. The molecule has 1 aliphatic heterocycles. The normalized spacial score (nSPS) is 20.1. The molecule has 1 saturated heterocycles. The molecule has 2 aromatic rings. The Morgan fingerprint density at radius 3 is 2.58 bits per heavy atom. The third-order valence-electron chi connectivity index (χ3n) is 7.58. The summed E-state index contributed by atoms with van der Waals surface area (Å²) in [6.07, 6.45) is 6.99. The van der Waals surface area contributed by atoms with Crippen LogP contribution < -0.4 is 16.0 Å². The van der Waals surface area contributed by atoms with E-state index in [9.17, 15) is 14.0 Å². The molecule has 7 nitrogen and oxygen atoms in total. The fraction of sp³-hybridized carbons (Fsp3) is 0.536. The molecule has 0 unspecified atom stereocenters. The number of hydrogen-bond donors (Lipinski definition) is 3. The molecule has 36 heavy (non-hydrogen) atoms. The van der Waals surface area contributed by atoms with E-state index in [-0.39, 0.29) is 35.6 Å². The zero-order valence-corrected chi connectivity index (χ0v) is 21.3. The highest BCUT2D eigenvalue weighted by atomic mass is 19.1. The lowest BCUT2D eigenvalue weighted by Crippen LogP contribution is -2.55. The van der Waals surface area contributed by atoms with Crippen molar-refractivity contribution in [2.45, 2.75) is 76.5 Å². The van der Waals surface area contributed by atoms with Crippen LogP contribution in [-0.4, -0.2) is 47.4 Å². The molecular weight excluding hydrogens is 457 g/mol. The summed E-state index contributed by atoms with van der Waals surface area (Å²) < 4.78 is 14.0. The molecule has 2 aliphatic rings. The van der Waals surface area contributed by atoms with Crippen LogP contribution in [0.25, 0.3) is 0 Å². The number of anilines is 1. The van der Waals surface area contributed by atoms with Gasteiger partial charge in [-0.3, -0.25) is 9.59 Å². The van der Waals surface area contributed by atoms with Gasteiger partial charge in [0.15, 0.2) is 0 Å². The van der Waals surface area contributed by atoms with Gasteiger partial charge >= 0.3 is 0 Å². The lowest BCUT2D eigenvalue weighted by atomic mass is 9.83. The lowest BCUT2D eigenvalue weighted by Gasteiger charge is -2.35. The van der Waals surface area contributed by atoms with Crippen molar-refractivity contribution in [1.82, 2.24) is 20.5 Å². The van der Waals surface area contributed by atoms with Gasteiger partial charge in [-0.1, -0.05) is 43.5 Å². The fourth-order valence-electron chi connectivity index (χ4n) is 5.34. The van der Waals surface area contributed by atoms with E-state index in [1.54, 1.807) is 26.1 Å². The predicted octanol–water partition coefficient (Wildman–Crippen LogP) is 4.17. The van der Waals surface area contributed by atoms with Crippen LogP contribution >= 0.6 is 0 Å². The van der Waals surface area contributed by atoms with Gasteiger partial charge in [0.1, 0.15) is 17.7 Å². The van der Waals surface area contributed by atoms with Crippen molar-refractivity contribution in [1.29, 1.82) is 0 Å². The van der Waals surface area contributed by atoms with E-state index < -0.39 is 6.04 Å². The van der Waals surface area contributed by atoms with Gasteiger partial charge in [-0.05, 0) is 63.8 Å². The summed E-state index contributed by atoms with van der Waals surface area (Å²) in [5, 5.41) is 9.26. The zero-order valence-electron chi connectivity index (χ0n) is 21.3. The number of pyridine rings is 1. The average molecular weight is 496 g/mol. The second-order valence-corrected chi connectivity index (χ2v) is 9.98. The van der Waals surface area contributed by atoms with Crippen LogP contribution in [0.15, 0.2) is 42.5 Å². The SMILES string of the molecule is CN[C@@H](C)C(=O)N[C@H](C(=O)N1CCC[C@@H]1c1cccc(NCc2ccccc2F)n1)C1CCCCC1. The summed E-state index contributed by atoms with van der Waals surface area (Å²) in [4.78, 5) is 33.4. The van der Waals surface area contributed by atoms with Crippen molar-refractivity contribution in [2.75, 3.05) is 18.9 Å². The maximum absolute atomic E-state index is 14.0. The Morgan fingerprint density at radius 2 is 1.83 bits per heavy atom. The van der Waals surface area contributed by atoms with Crippen LogP contribution in [0.5, 0.6) is 0 Å². The van der Waals surface area contributed by atoms with E-state index in [1.165, 1.54) is 12.5 Å². The number of nitrogens with one attached hydrogen (secondary N) is 3. The number of amides is 2. The number of nitrogens with zero attached hydrogens (tertiary/aromatic N) is 2. The van der Waals surface area contributed by atoms with E-state index in [2.05, 4.69) is 16.0 Å². The molecule has 194 valence electrons. The van der Waals surface area contributed by atoms with Crippen LogP contribution in [-0.2, 0) is 16.1 Å². The van der Waals surface area contributed by atoms with E-state index in [0.29, 0.717) is 24.5 Å². The summed E-state index contributed by atoms with van der Waals surface area (Å²) in [5.74, 6) is 0.400. The molecule has 1 aromatic carbocycles. The summed E-state index contributed by atoms with van der Waals surface area (Å²) in [5.41, 5.74) is 1.39. The molecular formula is C28H38FN5O2. The number of carbonyl (C=O) groups is 2. The number of likely N-dealkylation sites (N-methyl/N-ethyl adjacent to an activating group) is 1. The molecule has 0 bridgehead atoms. The summed E-state index contributed by atoms with van der Waals surface area (Å²) in [6, 6.07) is 11.4. The Hall–Kier alpha value is -3.00. The van der Waals surface area contributed by atoms with Crippen LogP contribution in [0.4, 0.5) is 10.2 Å². The highest BCUT2D eigenvalue weighted by molar-refractivity contribution is 5.90. The first-order valence-electron chi connectivity index (χ1n) is 13.2. The van der Waals surface area contributed by atoms with Crippen LogP contribution in [0.1, 0.15) is 69.2 Å². The minimum atomic E-state index is -0.517. The molecule has 2 fully saturated rings. The zero-order chi connectivity index (χ0) is 25.5. The van der Waals surface area contributed by atoms with Gasteiger partial charge in [0.25, 0.3) is 0 Å². The first-order chi connectivity index (χ1) is 17.5. The fourth-order valence-corrected chi connectivity index (χ4v) is 5.34. The average Bonchev–Trinajstić information content (AvgIpc) is 3.41. The highest BCUT2D eigenvalue weighted by Gasteiger charge is 2.39. The number of carbonyl (C=O) groups excluding carboxylic acids is 2. The second kappa shape index (κ2) is 12.3. The van der Waals surface area contributed by atoms with E-state index in [0.717, 1.165) is 44.2 Å². The maximum Gasteiger partial charge on any atom is 0.246 e. The van der Waals surface area contributed by atoms with Gasteiger partial charge in [-0.15, -0.1) is 0 Å². The monoisotopic (exact) mass is 495 g/mol. The molecule has 8 heteroatoms. The van der Waals surface area contributed by atoms with Crippen molar-refractivity contribution in [3.63, 3.8) is 0 Å². The number of rotatable bonds is 9. The molecule has 0 spiro atoms. The van der Waals surface area contributed by atoms with E-state index in [1.807, 2.05) is 29.2 Å². The molecule has 1 aliphatic carbocycles. The number of aromatic nitrogens is 1. The van der Waals surface area contributed by atoms with Crippen molar-refractivity contribution in [3.05, 3.63) is 59.5 Å². The maximum atomic E-state index is 14.0. The Labute approximate surface area is 213 Å². The smallest absolute Gasteiger partial charge is 0.246 e. The molecule has 3 atom stereocenters. The largest absolute Gasteiger partial charge is 0.366 e. The van der Waals surface area contributed by atoms with E-state index in [4.69, 9.17) is 4.98 Å². The third kappa shape index (κ3) is 6.22. The quantitative estimate of drug-likeness (QED) is 0.486. The van der Waals surface area contributed by atoms with Gasteiger partial charge in [0, 0.05) is 18.7 Å². The van der Waals surface area contributed by atoms with Crippen molar-refractivity contribution < 1.29 is 14.0 Å². The van der Waals surface area contributed by atoms with E-state index >= 15 is 0 Å². The Balaban J connectivity index is 1.50. The minimum Gasteiger partial charge on any atom is -0.366 e. The first kappa shape index (κ1) is 26.1. The molecule has 2 heterocycles. The third-order valence-corrected chi connectivity index (χ3v) is 7.58. The Kier molecular flexibility index (Phi) is 8.91.